The monoisotopic (exact) mass is 306 g/mol. The van der Waals surface area contributed by atoms with Crippen LogP contribution in [0.15, 0.2) is 33.7 Å². The van der Waals surface area contributed by atoms with Crippen molar-refractivity contribution in [3.63, 3.8) is 0 Å². The molecule has 0 aliphatic carbocycles. The maximum absolute atomic E-state index is 12.1. The molecule has 1 aliphatic heterocycles. The van der Waals surface area contributed by atoms with Crippen LogP contribution in [-0.4, -0.2) is 19.3 Å². The Morgan fingerprint density at radius 3 is 2.81 bits per heavy atom. The molecule has 1 aliphatic rings. The Labute approximate surface area is 124 Å². The Hall–Kier alpha value is -1.66. The van der Waals surface area contributed by atoms with Gasteiger partial charge in [-0.25, -0.2) is 8.42 Å². The van der Waals surface area contributed by atoms with E-state index in [1.54, 1.807) is 12.1 Å². The summed E-state index contributed by atoms with van der Waals surface area (Å²) in [5.41, 5.74) is 2.77. The van der Waals surface area contributed by atoms with Crippen LogP contribution in [0.25, 0.3) is 0 Å². The molecule has 1 N–H and O–H groups in total. The zero-order valence-electron chi connectivity index (χ0n) is 12.1. The van der Waals surface area contributed by atoms with Crippen molar-refractivity contribution in [1.29, 1.82) is 0 Å². The van der Waals surface area contributed by atoms with Crippen LogP contribution in [0.5, 0.6) is 0 Å². The quantitative estimate of drug-likeness (QED) is 0.942. The first-order valence-corrected chi connectivity index (χ1v) is 8.61. The van der Waals surface area contributed by atoms with Crippen LogP contribution in [0, 0.1) is 13.8 Å². The van der Waals surface area contributed by atoms with Gasteiger partial charge in [-0.3, -0.25) is 0 Å². The summed E-state index contributed by atoms with van der Waals surface area (Å²) in [5, 5.41) is 7.37. The molecule has 6 heteroatoms. The molecule has 0 bridgehead atoms. The zero-order chi connectivity index (χ0) is 15.0. The van der Waals surface area contributed by atoms with Crippen LogP contribution in [0.3, 0.4) is 0 Å². The minimum atomic E-state index is -3.13. The van der Waals surface area contributed by atoms with Crippen molar-refractivity contribution in [3.05, 3.63) is 46.8 Å². The van der Waals surface area contributed by atoms with Crippen molar-refractivity contribution < 1.29 is 12.9 Å². The SMILES string of the molecule is Cc1noc(C)c1CNC1CCS(=O)(=O)c2ccccc21. The molecule has 0 spiro atoms. The van der Waals surface area contributed by atoms with Crippen LogP contribution in [-0.2, 0) is 16.4 Å². The number of nitrogens with one attached hydrogen (secondary N) is 1. The second kappa shape index (κ2) is 5.27. The molecule has 0 amide bonds. The van der Waals surface area contributed by atoms with Crippen molar-refractivity contribution in [2.75, 3.05) is 5.75 Å². The topological polar surface area (TPSA) is 72.2 Å². The number of fused-ring (bicyclic) bond motifs is 1. The third kappa shape index (κ3) is 2.61. The molecular weight excluding hydrogens is 288 g/mol. The number of aromatic nitrogens is 1. The van der Waals surface area contributed by atoms with Gasteiger partial charge in [0.25, 0.3) is 0 Å². The fourth-order valence-electron chi connectivity index (χ4n) is 2.78. The summed E-state index contributed by atoms with van der Waals surface area (Å²) in [7, 11) is -3.13. The molecule has 2 heterocycles. The molecule has 0 radical (unpaired) electrons. The van der Waals surface area contributed by atoms with E-state index in [2.05, 4.69) is 10.5 Å². The molecule has 0 saturated carbocycles. The summed E-state index contributed by atoms with van der Waals surface area (Å²) >= 11 is 0. The first kappa shape index (κ1) is 14.3. The number of rotatable bonds is 3. The minimum Gasteiger partial charge on any atom is -0.361 e. The predicted octanol–water partition coefficient (Wildman–Crippen LogP) is 2.30. The van der Waals surface area contributed by atoms with Gasteiger partial charge >= 0.3 is 0 Å². The smallest absolute Gasteiger partial charge is 0.178 e. The summed E-state index contributed by atoms with van der Waals surface area (Å²) in [4.78, 5) is 0.451. The summed E-state index contributed by atoms with van der Waals surface area (Å²) in [6, 6.07) is 7.27. The van der Waals surface area contributed by atoms with E-state index in [0.717, 1.165) is 22.6 Å². The molecule has 112 valence electrons. The van der Waals surface area contributed by atoms with Gasteiger partial charge in [-0.1, -0.05) is 23.4 Å². The second-order valence-corrected chi connectivity index (χ2v) is 7.46. The van der Waals surface area contributed by atoms with E-state index < -0.39 is 9.84 Å². The highest BCUT2D eigenvalue weighted by Crippen LogP contribution is 2.32. The van der Waals surface area contributed by atoms with E-state index in [1.807, 2.05) is 26.0 Å². The zero-order valence-corrected chi connectivity index (χ0v) is 12.9. The van der Waals surface area contributed by atoms with Gasteiger partial charge in [-0.05, 0) is 31.9 Å². The number of sulfone groups is 1. The van der Waals surface area contributed by atoms with Crippen LogP contribution >= 0.6 is 0 Å². The third-order valence-corrected chi connectivity index (χ3v) is 5.83. The lowest BCUT2D eigenvalue weighted by Gasteiger charge is -2.26. The molecule has 1 unspecified atom stereocenters. The highest BCUT2D eigenvalue weighted by molar-refractivity contribution is 7.91. The van der Waals surface area contributed by atoms with Crippen molar-refractivity contribution in [3.8, 4) is 0 Å². The number of aryl methyl sites for hydroxylation is 2. The lowest BCUT2D eigenvalue weighted by atomic mass is 10.0. The summed E-state index contributed by atoms with van der Waals surface area (Å²) < 4.78 is 29.4. The van der Waals surface area contributed by atoms with Gasteiger partial charge in [0, 0.05) is 18.2 Å². The van der Waals surface area contributed by atoms with E-state index in [9.17, 15) is 8.42 Å². The Morgan fingerprint density at radius 1 is 1.33 bits per heavy atom. The number of nitrogens with zero attached hydrogens (tertiary/aromatic N) is 1. The average Bonchev–Trinajstić information content (AvgIpc) is 2.78. The third-order valence-electron chi connectivity index (χ3n) is 4.01. The lowest BCUT2D eigenvalue weighted by Crippen LogP contribution is -2.29. The number of hydrogen-bond donors (Lipinski definition) is 1. The van der Waals surface area contributed by atoms with Gasteiger partial charge in [0.2, 0.25) is 0 Å². The maximum atomic E-state index is 12.1. The van der Waals surface area contributed by atoms with Gasteiger partial charge in [0.05, 0.1) is 16.3 Å². The van der Waals surface area contributed by atoms with Crippen molar-refractivity contribution in [2.24, 2.45) is 0 Å². The van der Waals surface area contributed by atoms with Crippen molar-refractivity contribution in [1.82, 2.24) is 10.5 Å². The average molecular weight is 306 g/mol. The van der Waals surface area contributed by atoms with Gasteiger partial charge in [-0.2, -0.15) is 0 Å². The Kier molecular flexibility index (Phi) is 3.59. The Bertz CT molecular complexity index is 745. The van der Waals surface area contributed by atoms with Crippen LogP contribution in [0.4, 0.5) is 0 Å². The molecule has 0 saturated heterocycles. The minimum absolute atomic E-state index is 0.0402. The van der Waals surface area contributed by atoms with Crippen LogP contribution in [0.1, 0.15) is 35.0 Å². The van der Waals surface area contributed by atoms with E-state index in [-0.39, 0.29) is 11.8 Å². The van der Waals surface area contributed by atoms with E-state index >= 15 is 0 Å². The molecule has 1 atom stereocenters. The van der Waals surface area contributed by atoms with Gasteiger partial charge in [0.1, 0.15) is 5.76 Å². The fraction of sp³-hybridized carbons (Fsp3) is 0.400. The van der Waals surface area contributed by atoms with E-state index in [0.29, 0.717) is 17.9 Å². The maximum Gasteiger partial charge on any atom is 0.178 e. The first-order chi connectivity index (χ1) is 9.99. The molecule has 1 aromatic heterocycles. The lowest BCUT2D eigenvalue weighted by molar-refractivity contribution is 0.391. The van der Waals surface area contributed by atoms with Gasteiger partial charge in [-0.15, -0.1) is 0 Å². The molecular formula is C15H18N2O3S. The van der Waals surface area contributed by atoms with Crippen LogP contribution in [0.2, 0.25) is 0 Å². The summed E-state index contributed by atoms with van der Waals surface area (Å²) in [6.07, 6.45) is 0.586. The largest absolute Gasteiger partial charge is 0.361 e. The standard InChI is InChI=1S/C15H18N2O3S/c1-10-13(11(2)20-17-10)9-16-14-7-8-21(18,19)15-6-4-3-5-12(14)15/h3-6,14,16H,7-9H2,1-2H3. The normalized spacial score (nSPS) is 20.2. The Morgan fingerprint density at radius 2 is 2.10 bits per heavy atom. The number of benzene rings is 1. The second-order valence-electron chi connectivity index (χ2n) is 5.38. The van der Waals surface area contributed by atoms with Crippen LogP contribution < -0.4 is 5.32 Å². The first-order valence-electron chi connectivity index (χ1n) is 6.96. The summed E-state index contributed by atoms with van der Waals surface area (Å²) in [6.45, 7) is 4.42. The van der Waals surface area contributed by atoms with Gasteiger partial charge < -0.3 is 9.84 Å². The summed E-state index contributed by atoms with van der Waals surface area (Å²) in [5.74, 6) is 0.986. The van der Waals surface area contributed by atoms with E-state index in [1.165, 1.54) is 0 Å². The molecule has 21 heavy (non-hydrogen) atoms. The molecule has 3 rings (SSSR count). The van der Waals surface area contributed by atoms with Crippen molar-refractivity contribution in [2.45, 2.75) is 37.8 Å². The van der Waals surface area contributed by atoms with E-state index in [4.69, 9.17) is 4.52 Å². The molecule has 5 nitrogen and oxygen atoms in total. The fourth-order valence-corrected chi connectivity index (χ4v) is 4.40. The molecule has 0 fully saturated rings. The predicted molar refractivity (Wildman–Crippen MR) is 78.7 cm³/mol. The highest BCUT2D eigenvalue weighted by Gasteiger charge is 2.29. The number of hydrogen-bond acceptors (Lipinski definition) is 5. The van der Waals surface area contributed by atoms with Crippen molar-refractivity contribution >= 4 is 9.84 Å². The Balaban J connectivity index is 1.85. The van der Waals surface area contributed by atoms with Gasteiger partial charge in [0.15, 0.2) is 9.84 Å². The molecule has 1 aromatic carbocycles. The molecule has 2 aromatic rings. The highest BCUT2D eigenvalue weighted by atomic mass is 32.2.